The van der Waals surface area contributed by atoms with Gasteiger partial charge in [-0.3, -0.25) is 4.79 Å². The van der Waals surface area contributed by atoms with E-state index in [-0.39, 0.29) is 5.78 Å². The Kier molecular flexibility index (Phi) is 6.00. The molecule has 2 aliphatic rings. The molecule has 2 nitrogen and oxygen atoms in total. The summed E-state index contributed by atoms with van der Waals surface area (Å²) in [7, 11) is 0. The Morgan fingerprint density at radius 3 is 2.19 bits per heavy atom. The first-order chi connectivity index (χ1) is 10.1. The van der Waals surface area contributed by atoms with Gasteiger partial charge in [-0.1, -0.05) is 25.5 Å². The predicted molar refractivity (Wildman–Crippen MR) is 95.1 cm³/mol. The lowest BCUT2D eigenvalue weighted by molar-refractivity contribution is -0.110. The fraction of sp³-hybridized carbons (Fsp3) is 0.235. The molecule has 0 saturated heterocycles. The molecule has 0 spiro atoms. The number of Topliss-reactive ketones (excluding diaryl/α,β-unsaturated/α-hetero) is 1. The number of ketones is 1. The Morgan fingerprint density at radius 1 is 1.05 bits per heavy atom. The van der Waals surface area contributed by atoms with Gasteiger partial charge in [-0.25, -0.2) is 0 Å². The summed E-state index contributed by atoms with van der Waals surface area (Å²) < 4.78 is 1.14. The van der Waals surface area contributed by atoms with Crippen LogP contribution in [0.15, 0.2) is 69.0 Å². The summed E-state index contributed by atoms with van der Waals surface area (Å²) in [5, 5.41) is 0. The first-order valence-corrected chi connectivity index (χ1v) is 8.52. The van der Waals surface area contributed by atoms with Crippen LogP contribution in [0.4, 0.5) is 0 Å². The van der Waals surface area contributed by atoms with Crippen LogP contribution < -0.4 is 0 Å². The van der Waals surface area contributed by atoms with Gasteiger partial charge in [-0.05, 0) is 73.7 Å². The van der Waals surface area contributed by atoms with E-state index < -0.39 is 0 Å². The number of halogens is 2. The van der Waals surface area contributed by atoms with Crippen LogP contribution in [0.1, 0.15) is 19.8 Å². The third-order valence-electron chi connectivity index (χ3n) is 3.18. The highest BCUT2D eigenvalue weighted by Gasteiger charge is 2.15. The molecule has 0 N–H and O–H groups in total. The van der Waals surface area contributed by atoms with Gasteiger partial charge in [0.05, 0.1) is 8.96 Å². The molecule has 0 atom stereocenters. The molecule has 0 radical (unpaired) electrons. The zero-order valence-electron chi connectivity index (χ0n) is 11.9. The zero-order chi connectivity index (χ0) is 15.2. The number of nitrogens with zero attached hydrogens (tertiary/aromatic N) is 1. The van der Waals surface area contributed by atoms with Gasteiger partial charge in [0, 0.05) is 18.9 Å². The summed E-state index contributed by atoms with van der Waals surface area (Å²) in [5.41, 5.74) is 2.12. The minimum Gasteiger partial charge on any atom is -0.354 e. The van der Waals surface area contributed by atoms with Crippen LogP contribution in [0, 0.1) is 0 Å². The van der Waals surface area contributed by atoms with E-state index in [2.05, 4.69) is 68.2 Å². The molecule has 1 aliphatic carbocycles. The highest BCUT2D eigenvalue weighted by molar-refractivity contribution is 9.13. The van der Waals surface area contributed by atoms with Crippen LogP contribution in [0.5, 0.6) is 0 Å². The standard InChI is InChI=1S/C17H17Br2NO/c1-2-3-8-20-9-6-13(7-10-20)4-5-14-11-15(18)17(21)16(19)12-14/h4-7,9-12H,2-3,8H2,1H3. The summed E-state index contributed by atoms with van der Waals surface area (Å²) in [5.74, 6) is -0.0242. The lowest BCUT2D eigenvalue weighted by Crippen LogP contribution is -2.12. The van der Waals surface area contributed by atoms with E-state index in [4.69, 9.17) is 0 Å². The molecule has 4 heteroatoms. The van der Waals surface area contributed by atoms with Crippen molar-refractivity contribution in [2.45, 2.75) is 19.8 Å². The van der Waals surface area contributed by atoms with Gasteiger partial charge >= 0.3 is 0 Å². The maximum atomic E-state index is 11.6. The summed E-state index contributed by atoms with van der Waals surface area (Å²) in [6, 6.07) is 0. The average Bonchev–Trinajstić information content (AvgIpc) is 2.49. The van der Waals surface area contributed by atoms with Crippen molar-refractivity contribution in [1.29, 1.82) is 0 Å². The molecular formula is C17H17Br2NO. The number of allylic oxidation sites excluding steroid dienone is 10. The van der Waals surface area contributed by atoms with Crippen molar-refractivity contribution in [3.63, 3.8) is 0 Å². The number of rotatable bonds is 4. The van der Waals surface area contributed by atoms with Crippen molar-refractivity contribution in [2.75, 3.05) is 6.54 Å². The second-order valence-electron chi connectivity index (χ2n) is 4.87. The summed E-state index contributed by atoms with van der Waals surface area (Å²) in [6.07, 6.45) is 18.5. The molecule has 2 rings (SSSR count). The molecule has 0 amide bonds. The lowest BCUT2D eigenvalue weighted by atomic mass is 10.1. The molecule has 0 bridgehead atoms. The second kappa shape index (κ2) is 7.76. The average molecular weight is 411 g/mol. The molecule has 1 aliphatic heterocycles. The van der Waals surface area contributed by atoms with Crippen LogP contribution >= 0.6 is 31.9 Å². The Bertz CT molecular complexity index is 566. The highest BCUT2D eigenvalue weighted by Crippen LogP contribution is 2.26. The number of carbonyl (C=O) groups excluding carboxylic acids is 1. The molecule has 0 aromatic carbocycles. The Morgan fingerprint density at radius 2 is 1.62 bits per heavy atom. The van der Waals surface area contributed by atoms with Crippen LogP contribution in [0.2, 0.25) is 0 Å². The van der Waals surface area contributed by atoms with Crippen LogP contribution in [0.3, 0.4) is 0 Å². The van der Waals surface area contributed by atoms with Crippen molar-refractivity contribution in [1.82, 2.24) is 4.90 Å². The fourth-order valence-corrected chi connectivity index (χ4v) is 3.16. The van der Waals surface area contributed by atoms with Gasteiger partial charge in [0.1, 0.15) is 0 Å². The molecule has 0 fully saturated rings. The number of hydrogen-bond donors (Lipinski definition) is 0. The van der Waals surface area contributed by atoms with E-state index in [1.165, 1.54) is 12.8 Å². The fourth-order valence-electron chi connectivity index (χ4n) is 1.94. The molecule has 21 heavy (non-hydrogen) atoms. The van der Waals surface area contributed by atoms with Crippen LogP contribution in [-0.4, -0.2) is 17.2 Å². The van der Waals surface area contributed by atoms with E-state index in [0.29, 0.717) is 8.96 Å². The van der Waals surface area contributed by atoms with Gasteiger partial charge in [-0.2, -0.15) is 0 Å². The Labute approximate surface area is 142 Å². The van der Waals surface area contributed by atoms with E-state index in [1.54, 1.807) is 0 Å². The van der Waals surface area contributed by atoms with Crippen molar-refractivity contribution in [3.05, 3.63) is 69.0 Å². The van der Waals surface area contributed by atoms with Crippen molar-refractivity contribution < 1.29 is 4.79 Å². The van der Waals surface area contributed by atoms with Crippen molar-refractivity contribution >= 4 is 37.6 Å². The van der Waals surface area contributed by atoms with Gasteiger partial charge in [0.2, 0.25) is 5.78 Å². The van der Waals surface area contributed by atoms with E-state index in [9.17, 15) is 4.79 Å². The molecular weight excluding hydrogens is 394 g/mol. The normalized spacial score (nSPS) is 17.9. The molecule has 0 aromatic rings. The first kappa shape index (κ1) is 16.2. The van der Waals surface area contributed by atoms with Gasteiger partial charge in [0.15, 0.2) is 0 Å². The monoisotopic (exact) mass is 409 g/mol. The lowest BCUT2D eigenvalue weighted by Gasteiger charge is -2.18. The third kappa shape index (κ3) is 4.68. The second-order valence-corrected chi connectivity index (χ2v) is 6.58. The van der Waals surface area contributed by atoms with Crippen molar-refractivity contribution in [3.8, 4) is 0 Å². The SMILES string of the molecule is CCCCN1C=CC(=CC=C2C=C(Br)C(=O)C(Br)=C2)C=C1. The highest BCUT2D eigenvalue weighted by atomic mass is 79.9. The largest absolute Gasteiger partial charge is 0.354 e. The smallest absolute Gasteiger partial charge is 0.206 e. The molecule has 1 heterocycles. The van der Waals surface area contributed by atoms with Gasteiger partial charge < -0.3 is 4.90 Å². The van der Waals surface area contributed by atoms with E-state index in [0.717, 1.165) is 17.7 Å². The molecule has 110 valence electrons. The molecule has 0 aromatic heterocycles. The predicted octanol–water partition coefficient (Wildman–Crippen LogP) is 5.12. The van der Waals surface area contributed by atoms with E-state index >= 15 is 0 Å². The van der Waals surface area contributed by atoms with Crippen LogP contribution in [-0.2, 0) is 4.79 Å². The third-order valence-corrected chi connectivity index (χ3v) is 4.35. The molecule has 0 unspecified atom stereocenters. The Balaban J connectivity index is 2.05. The maximum Gasteiger partial charge on any atom is 0.206 e. The zero-order valence-corrected chi connectivity index (χ0v) is 15.0. The summed E-state index contributed by atoms with van der Waals surface area (Å²) >= 11 is 6.55. The maximum absolute atomic E-state index is 11.6. The van der Waals surface area contributed by atoms with E-state index in [1.807, 2.05) is 24.3 Å². The Hall–Kier alpha value is -1.13. The van der Waals surface area contributed by atoms with Crippen LogP contribution in [0.25, 0.3) is 0 Å². The van der Waals surface area contributed by atoms with Gasteiger partial charge in [-0.15, -0.1) is 0 Å². The number of carbonyl (C=O) groups is 1. The minimum atomic E-state index is -0.0242. The minimum absolute atomic E-state index is 0.0242. The number of hydrogen-bond acceptors (Lipinski definition) is 2. The summed E-state index contributed by atoms with van der Waals surface area (Å²) in [4.78, 5) is 13.8. The van der Waals surface area contributed by atoms with Crippen molar-refractivity contribution in [2.24, 2.45) is 0 Å². The summed E-state index contributed by atoms with van der Waals surface area (Å²) in [6.45, 7) is 3.26. The quantitative estimate of drug-likeness (QED) is 0.640. The molecule has 0 saturated carbocycles. The topological polar surface area (TPSA) is 20.3 Å². The number of unbranched alkanes of at least 4 members (excludes halogenated alkanes) is 1. The first-order valence-electron chi connectivity index (χ1n) is 6.93. The van der Waals surface area contributed by atoms with Gasteiger partial charge in [0.25, 0.3) is 0 Å².